The second-order valence-electron chi connectivity index (χ2n) is 6.34. The number of aromatic amines is 1. The van der Waals surface area contributed by atoms with Gasteiger partial charge in [-0.25, -0.2) is 4.98 Å². The smallest absolute Gasteiger partial charge is 0.266 e. The number of hydrogen-bond acceptors (Lipinski definition) is 7. The van der Waals surface area contributed by atoms with Crippen LogP contribution < -0.4 is 0 Å². The molecule has 0 unspecified atom stereocenters. The van der Waals surface area contributed by atoms with Crippen LogP contribution in [0.25, 0.3) is 17.3 Å². The standard InChI is InChI=1S/C19H14Cl2N6OS2/c20-11-6-7-13(14(21)9-11)15-4-1-3-12(22-15)10-16-18(28)27(19(29)30-16)8-2-5-17-23-25-26-24-17/h1,3-4,6-7,9-10H,2,5,8H2,(H,23,24,25,26). The van der Waals surface area contributed by atoms with Crippen molar-refractivity contribution in [2.45, 2.75) is 12.8 Å². The zero-order valence-corrected chi connectivity index (χ0v) is 18.5. The van der Waals surface area contributed by atoms with E-state index in [-0.39, 0.29) is 5.91 Å². The molecule has 1 saturated heterocycles. The van der Waals surface area contributed by atoms with Crippen molar-refractivity contribution in [3.63, 3.8) is 0 Å². The van der Waals surface area contributed by atoms with E-state index in [1.165, 1.54) is 11.8 Å². The molecule has 2 aromatic heterocycles. The predicted molar refractivity (Wildman–Crippen MR) is 122 cm³/mol. The van der Waals surface area contributed by atoms with Gasteiger partial charge in [0.05, 0.1) is 21.3 Å². The molecule has 3 heterocycles. The molecule has 1 amide bonds. The van der Waals surface area contributed by atoms with Crippen molar-refractivity contribution in [1.29, 1.82) is 0 Å². The summed E-state index contributed by atoms with van der Waals surface area (Å²) in [5.74, 6) is 0.479. The van der Waals surface area contributed by atoms with E-state index >= 15 is 0 Å². The highest BCUT2D eigenvalue weighted by atomic mass is 35.5. The first kappa shape index (κ1) is 20.9. The van der Waals surface area contributed by atoms with Crippen LogP contribution in [0.3, 0.4) is 0 Å². The maximum Gasteiger partial charge on any atom is 0.266 e. The first-order valence-electron chi connectivity index (χ1n) is 8.91. The minimum Gasteiger partial charge on any atom is -0.293 e. The molecule has 11 heteroatoms. The Morgan fingerprint density at radius 2 is 2.10 bits per heavy atom. The van der Waals surface area contributed by atoms with Gasteiger partial charge >= 0.3 is 0 Å². The molecule has 1 N–H and O–H groups in total. The highest BCUT2D eigenvalue weighted by molar-refractivity contribution is 8.26. The van der Waals surface area contributed by atoms with Crippen molar-refractivity contribution in [3.05, 3.63) is 62.9 Å². The zero-order valence-electron chi connectivity index (χ0n) is 15.4. The van der Waals surface area contributed by atoms with Crippen molar-refractivity contribution in [3.8, 4) is 11.3 Å². The van der Waals surface area contributed by atoms with Crippen molar-refractivity contribution in [2.24, 2.45) is 0 Å². The summed E-state index contributed by atoms with van der Waals surface area (Å²) in [6, 6.07) is 10.8. The number of aromatic nitrogens is 5. The van der Waals surface area contributed by atoms with Crippen molar-refractivity contribution >= 4 is 63.5 Å². The number of thioether (sulfide) groups is 1. The van der Waals surface area contributed by atoms with Gasteiger partial charge in [-0.3, -0.25) is 9.69 Å². The van der Waals surface area contributed by atoms with E-state index in [4.69, 9.17) is 35.4 Å². The highest BCUT2D eigenvalue weighted by Crippen LogP contribution is 2.33. The van der Waals surface area contributed by atoms with Crippen LogP contribution in [0.4, 0.5) is 0 Å². The van der Waals surface area contributed by atoms with Crippen LogP contribution in [0.5, 0.6) is 0 Å². The third kappa shape index (κ3) is 4.70. The Balaban J connectivity index is 1.49. The quantitative estimate of drug-likeness (QED) is 0.416. The van der Waals surface area contributed by atoms with Gasteiger partial charge < -0.3 is 0 Å². The molecule has 0 spiro atoms. The molecule has 1 fully saturated rings. The van der Waals surface area contributed by atoms with Crippen LogP contribution in [0, 0.1) is 0 Å². The Labute approximate surface area is 191 Å². The summed E-state index contributed by atoms with van der Waals surface area (Å²) in [7, 11) is 0. The number of carbonyl (C=O) groups is 1. The Kier molecular flexibility index (Phi) is 6.43. The molecule has 0 bridgehead atoms. The summed E-state index contributed by atoms with van der Waals surface area (Å²) >= 11 is 18.9. The molecule has 3 aromatic rings. The number of halogens is 2. The van der Waals surface area contributed by atoms with E-state index in [1.54, 1.807) is 23.1 Å². The van der Waals surface area contributed by atoms with Gasteiger partial charge in [-0.05, 0) is 42.8 Å². The van der Waals surface area contributed by atoms with Crippen molar-refractivity contribution in [1.82, 2.24) is 30.5 Å². The van der Waals surface area contributed by atoms with E-state index in [2.05, 4.69) is 25.6 Å². The molecule has 0 radical (unpaired) electrons. The van der Waals surface area contributed by atoms with E-state index < -0.39 is 0 Å². The third-order valence-corrected chi connectivity index (χ3v) is 6.23. The van der Waals surface area contributed by atoms with Gasteiger partial charge in [0.25, 0.3) is 5.91 Å². The monoisotopic (exact) mass is 476 g/mol. The lowest BCUT2D eigenvalue weighted by Crippen LogP contribution is -2.29. The van der Waals surface area contributed by atoms with Gasteiger partial charge in [0.2, 0.25) is 0 Å². The van der Waals surface area contributed by atoms with E-state index in [9.17, 15) is 4.79 Å². The predicted octanol–water partition coefficient (Wildman–Crippen LogP) is 4.40. The van der Waals surface area contributed by atoms with Gasteiger partial charge in [-0.15, -0.1) is 10.2 Å². The fraction of sp³-hybridized carbons (Fsp3) is 0.158. The number of nitrogens with zero attached hydrogens (tertiary/aromatic N) is 5. The Hall–Kier alpha value is -2.33. The molecule has 1 aliphatic rings. The first-order chi connectivity index (χ1) is 14.5. The minimum atomic E-state index is -0.130. The maximum atomic E-state index is 12.8. The number of hydrogen-bond donors (Lipinski definition) is 1. The molecule has 7 nitrogen and oxygen atoms in total. The lowest BCUT2D eigenvalue weighted by atomic mass is 10.1. The van der Waals surface area contributed by atoms with Crippen LogP contribution >= 0.6 is 47.2 Å². The lowest BCUT2D eigenvalue weighted by molar-refractivity contribution is -0.122. The number of pyridine rings is 1. The molecule has 0 aliphatic carbocycles. The molecule has 4 rings (SSSR count). The van der Waals surface area contributed by atoms with Gasteiger partial charge in [0.15, 0.2) is 5.82 Å². The Morgan fingerprint density at radius 3 is 2.87 bits per heavy atom. The molecular formula is C19H14Cl2N6OS2. The lowest BCUT2D eigenvalue weighted by Gasteiger charge is -2.13. The maximum absolute atomic E-state index is 12.8. The molecule has 0 saturated carbocycles. The number of carbonyl (C=O) groups excluding carboxylic acids is 1. The number of nitrogens with one attached hydrogen (secondary N) is 1. The average molecular weight is 477 g/mol. The van der Waals surface area contributed by atoms with E-state index in [0.29, 0.717) is 55.9 Å². The summed E-state index contributed by atoms with van der Waals surface area (Å²) in [5.41, 5.74) is 2.11. The largest absolute Gasteiger partial charge is 0.293 e. The topological polar surface area (TPSA) is 87.7 Å². The fourth-order valence-electron chi connectivity index (χ4n) is 2.89. The number of amides is 1. The number of rotatable bonds is 6. The van der Waals surface area contributed by atoms with Crippen LogP contribution in [0.15, 0.2) is 41.3 Å². The number of H-pyrrole nitrogens is 1. The second-order valence-corrected chi connectivity index (χ2v) is 8.86. The SMILES string of the molecule is O=C1C(=Cc2cccc(-c3ccc(Cl)cc3Cl)n2)SC(=S)N1CCCc1nn[nH]n1. The highest BCUT2D eigenvalue weighted by Gasteiger charge is 2.31. The van der Waals surface area contributed by atoms with Gasteiger partial charge in [0.1, 0.15) is 4.32 Å². The Bertz CT molecular complexity index is 1140. The second kappa shape index (κ2) is 9.22. The number of thiocarbonyl (C=S) groups is 1. The van der Waals surface area contributed by atoms with Gasteiger partial charge in [0, 0.05) is 23.6 Å². The summed E-state index contributed by atoms with van der Waals surface area (Å²) in [6.45, 7) is 0.490. The van der Waals surface area contributed by atoms with Crippen LogP contribution in [-0.4, -0.2) is 47.3 Å². The first-order valence-corrected chi connectivity index (χ1v) is 10.9. The van der Waals surface area contributed by atoms with Crippen LogP contribution in [0.1, 0.15) is 17.9 Å². The number of tetrazole rings is 1. The normalized spacial score (nSPS) is 15.4. The minimum absolute atomic E-state index is 0.130. The molecule has 1 aliphatic heterocycles. The zero-order chi connectivity index (χ0) is 21.1. The average Bonchev–Trinajstić information content (AvgIpc) is 3.32. The summed E-state index contributed by atoms with van der Waals surface area (Å²) in [6.07, 6.45) is 3.03. The summed E-state index contributed by atoms with van der Waals surface area (Å²) in [5, 5.41) is 14.8. The fourth-order valence-corrected chi connectivity index (χ4v) is 4.69. The molecule has 1 aromatic carbocycles. The van der Waals surface area contributed by atoms with Crippen LogP contribution in [0.2, 0.25) is 10.0 Å². The summed E-state index contributed by atoms with van der Waals surface area (Å²) < 4.78 is 0.524. The molecular weight excluding hydrogens is 463 g/mol. The summed E-state index contributed by atoms with van der Waals surface area (Å²) in [4.78, 5) is 19.5. The van der Waals surface area contributed by atoms with Gasteiger partial charge in [-0.2, -0.15) is 5.21 Å². The van der Waals surface area contributed by atoms with Crippen molar-refractivity contribution < 1.29 is 4.79 Å². The number of benzene rings is 1. The van der Waals surface area contributed by atoms with E-state index in [1.807, 2.05) is 24.3 Å². The number of aryl methyl sites for hydroxylation is 1. The molecule has 30 heavy (non-hydrogen) atoms. The Morgan fingerprint density at radius 1 is 1.23 bits per heavy atom. The van der Waals surface area contributed by atoms with Crippen LogP contribution in [-0.2, 0) is 11.2 Å². The molecule has 152 valence electrons. The van der Waals surface area contributed by atoms with Crippen molar-refractivity contribution in [2.75, 3.05) is 6.54 Å². The molecule has 0 atom stereocenters. The third-order valence-electron chi connectivity index (χ3n) is 4.30. The van der Waals surface area contributed by atoms with Gasteiger partial charge in [-0.1, -0.05) is 58.5 Å². The van der Waals surface area contributed by atoms with E-state index in [0.717, 1.165) is 5.56 Å².